The zero-order chi connectivity index (χ0) is 86.9. The van der Waals surface area contributed by atoms with Gasteiger partial charge in [-0.3, -0.25) is 62.3 Å². The fourth-order valence-electron chi connectivity index (χ4n) is 16.7. The van der Waals surface area contributed by atoms with E-state index >= 15 is 24.0 Å². The molecule has 118 heavy (non-hydrogen) atoms. The van der Waals surface area contributed by atoms with Gasteiger partial charge in [0.2, 0.25) is 70.9 Å². The molecule has 0 unspecified atom stereocenters. The van der Waals surface area contributed by atoms with E-state index in [-0.39, 0.29) is 93.8 Å². The number of ether oxygens (including phenoxy) is 1. The van der Waals surface area contributed by atoms with Gasteiger partial charge in [-0.1, -0.05) is 208 Å². The second kappa shape index (κ2) is 49.9. The molecule has 30 nitrogen and oxygen atoms in total. The fourth-order valence-corrected chi connectivity index (χ4v) is 16.7. The van der Waals surface area contributed by atoms with Gasteiger partial charge in [0.05, 0.1) is 6.10 Å². The van der Waals surface area contributed by atoms with Gasteiger partial charge in [-0.15, -0.1) is 0 Å². The predicted octanol–water partition coefficient (Wildman–Crippen LogP) is 6.17. The van der Waals surface area contributed by atoms with Crippen molar-refractivity contribution in [1.29, 1.82) is 0 Å². The number of likely N-dealkylation sites (tertiary alicyclic amines) is 1. The van der Waals surface area contributed by atoms with Gasteiger partial charge in [0.1, 0.15) is 84.3 Å². The number of aliphatic hydroxyl groups excluding tert-OH is 1. The highest BCUT2D eigenvalue weighted by Crippen LogP contribution is 2.32. The number of allylic oxidation sites excluding steroid dienone is 1. The fraction of sp³-hybridized carbons (Fsp3) is 0.750. The Morgan fingerprint density at radius 3 is 1.54 bits per heavy atom. The van der Waals surface area contributed by atoms with E-state index in [1.165, 1.54) is 31.7 Å². The number of cyclic esters (lactones) is 1. The van der Waals surface area contributed by atoms with Crippen LogP contribution in [-0.4, -0.2) is 191 Å². The van der Waals surface area contributed by atoms with E-state index in [1.54, 1.807) is 79.7 Å². The zero-order valence-electron chi connectivity index (χ0n) is 72.7. The molecule has 1 aromatic carbocycles. The lowest BCUT2D eigenvalue weighted by molar-refractivity contribution is -0.157. The van der Waals surface area contributed by atoms with Crippen LogP contribution < -0.4 is 69.5 Å². The van der Waals surface area contributed by atoms with Gasteiger partial charge >= 0.3 is 5.97 Å². The molecule has 0 bridgehead atoms. The van der Waals surface area contributed by atoms with E-state index in [0.717, 1.165) is 103 Å². The summed E-state index contributed by atoms with van der Waals surface area (Å²) in [5.41, 5.74) is 6.53. The molecular weight excluding hydrogens is 1510 g/mol. The second-order valence-corrected chi connectivity index (χ2v) is 35.6. The second-order valence-electron chi connectivity index (χ2n) is 35.6. The smallest absolute Gasteiger partial charge is 0.329 e. The van der Waals surface area contributed by atoms with Crippen molar-refractivity contribution in [3.8, 4) is 0 Å². The van der Waals surface area contributed by atoms with Gasteiger partial charge in [0, 0.05) is 19.4 Å². The van der Waals surface area contributed by atoms with Crippen molar-refractivity contribution in [2.75, 3.05) is 13.1 Å². The van der Waals surface area contributed by atoms with Crippen LogP contribution in [-0.2, 0) is 78.3 Å². The van der Waals surface area contributed by atoms with Crippen molar-refractivity contribution < 1.29 is 77.0 Å². The molecule has 30 heteroatoms. The predicted molar refractivity (Wildman–Crippen MR) is 449 cm³/mol. The zero-order valence-corrected chi connectivity index (χ0v) is 72.7. The third-order valence-corrected chi connectivity index (χ3v) is 24.1. The van der Waals surface area contributed by atoms with Crippen molar-refractivity contribution in [1.82, 2.24) is 68.7 Å². The summed E-state index contributed by atoms with van der Waals surface area (Å²) in [6.45, 7) is 21.9. The number of hydrogen-bond acceptors (Lipinski definition) is 17. The molecule has 0 spiro atoms. The van der Waals surface area contributed by atoms with E-state index in [1.807, 2.05) is 19.9 Å². The number of amides is 13. The first-order valence-corrected chi connectivity index (χ1v) is 44.3. The Kier molecular flexibility index (Phi) is 41.5. The molecule has 5 fully saturated rings. The van der Waals surface area contributed by atoms with Crippen LogP contribution in [0.2, 0.25) is 0 Å². The highest BCUT2D eigenvalue weighted by atomic mass is 16.5. The number of nitrogens with two attached hydrogens (primary N) is 1. The summed E-state index contributed by atoms with van der Waals surface area (Å²) >= 11 is 0. The van der Waals surface area contributed by atoms with E-state index in [2.05, 4.69) is 63.8 Å². The normalized spacial score (nSPS) is 23.6. The van der Waals surface area contributed by atoms with Gasteiger partial charge in [0.25, 0.3) is 5.91 Å². The minimum absolute atomic E-state index is 0.00511. The van der Waals surface area contributed by atoms with Crippen molar-refractivity contribution in [3.63, 3.8) is 0 Å². The third-order valence-electron chi connectivity index (χ3n) is 24.1. The lowest BCUT2D eigenvalue weighted by Gasteiger charge is -2.33. The Hall–Kier alpha value is -8.54. The largest absolute Gasteiger partial charge is 0.458 e. The first-order chi connectivity index (χ1) is 56.1. The van der Waals surface area contributed by atoms with Crippen molar-refractivity contribution in [3.05, 3.63) is 47.7 Å². The molecular formula is C88H144N14O16. The molecule has 662 valence electrons. The molecule has 0 aromatic heterocycles. The van der Waals surface area contributed by atoms with Crippen LogP contribution in [0.4, 0.5) is 0 Å². The summed E-state index contributed by atoms with van der Waals surface area (Å²) < 4.78 is 6.16. The van der Waals surface area contributed by atoms with Crippen LogP contribution in [0.25, 0.3) is 0 Å². The van der Waals surface area contributed by atoms with Crippen molar-refractivity contribution in [2.45, 2.75) is 361 Å². The highest BCUT2D eigenvalue weighted by molar-refractivity contribution is 6.03. The number of esters is 1. The van der Waals surface area contributed by atoms with Gasteiger partial charge in [0.15, 0.2) is 0 Å². The Morgan fingerprint density at radius 1 is 0.525 bits per heavy atom. The van der Waals surface area contributed by atoms with Gasteiger partial charge < -0.3 is 84.3 Å². The number of aliphatic hydroxyl groups is 1. The quantitative estimate of drug-likeness (QED) is 0.0261. The Morgan fingerprint density at radius 2 is 1.03 bits per heavy atom. The average Bonchev–Trinajstić information content (AvgIpc) is 1.61. The van der Waals surface area contributed by atoms with Crippen LogP contribution >= 0.6 is 0 Å². The summed E-state index contributed by atoms with van der Waals surface area (Å²) in [7, 11) is 0. The average molecular weight is 1650 g/mol. The van der Waals surface area contributed by atoms with E-state index in [4.69, 9.17) is 10.5 Å². The lowest BCUT2D eigenvalue weighted by Crippen LogP contribution is -2.63. The molecule has 0 radical (unpaired) electrons. The van der Waals surface area contributed by atoms with E-state index in [9.17, 15) is 48.3 Å². The first kappa shape index (κ1) is 98.3. The van der Waals surface area contributed by atoms with Gasteiger partial charge in [-0.25, -0.2) is 4.79 Å². The topological polar surface area (TPSA) is 442 Å². The number of hydrogen-bond donors (Lipinski definition) is 14. The first-order valence-electron chi connectivity index (χ1n) is 44.3. The minimum atomic E-state index is -1.79. The Labute approximate surface area is 700 Å². The van der Waals surface area contributed by atoms with Gasteiger partial charge in [-0.2, -0.15) is 0 Å². The number of nitrogens with zero attached hydrogens (tertiary/aromatic N) is 1. The summed E-state index contributed by atoms with van der Waals surface area (Å²) in [6.07, 6.45) is 16.9. The summed E-state index contributed by atoms with van der Waals surface area (Å²) in [5.74, 6) is -11.9. The molecule has 5 aliphatic rings. The van der Waals surface area contributed by atoms with Crippen LogP contribution in [0, 0.1) is 47.3 Å². The molecule has 6 rings (SSSR count). The maximum atomic E-state index is 15.6. The number of carbonyl (C=O) groups excluding carboxylic acids is 14. The number of rotatable bonds is 37. The maximum Gasteiger partial charge on any atom is 0.329 e. The third kappa shape index (κ3) is 31.6. The monoisotopic (exact) mass is 1650 g/mol. The van der Waals surface area contributed by atoms with Crippen LogP contribution in [0.5, 0.6) is 0 Å². The van der Waals surface area contributed by atoms with Gasteiger partial charge in [-0.05, 0) is 151 Å². The van der Waals surface area contributed by atoms with E-state index < -0.39 is 185 Å². The Balaban J connectivity index is 1.29. The molecule has 1 aromatic rings. The molecule has 2 aliphatic heterocycles. The molecule has 3 saturated carbocycles. The number of carbonyl (C=O) groups is 14. The molecule has 2 saturated heterocycles. The number of nitrogens with one attached hydrogen (secondary N) is 12. The summed E-state index contributed by atoms with van der Waals surface area (Å²) in [4.78, 5) is 207. The molecule has 3 aliphatic carbocycles. The van der Waals surface area contributed by atoms with Crippen LogP contribution in [0.15, 0.2) is 42.1 Å². The minimum Gasteiger partial charge on any atom is -0.458 e. The summed E-state index contributed by atoms with van der Waals surface area (Å²) in [5, 5.41) is 44.5. The van der Waals surface area contributed by atoms with Crippen LogP contribution in [0.1, 0.15) is 275 Å². The van der Waals surface area contributed by atoms with Crippen molar-refractivity contribution >= 4 is 82.8 Å². The standard InChI is InChI=1S/C88H144N14O16/c1-14-62-76(105)99-73(55(10)11)88(117)118-57(13)75(86(115)94-65(46-43-59-33-21-16-22-34-59)78(107)91-64(45-42-58-31-19-15-20-32-58)79(108)95-67(81(110)90-62)50-61-37-25-18-26-38-61)101-80(109)66(47-44-60-35-23-17-24-36-60)92-77(106)63(39-28-48-89)93-82(111)68-40-29-49-102(68)87(116)72(54(8)9)98-84(113)71(53(6)7)97-85(114)74(56(12)103)100-83(112)70(52(4)5)96-69(104)41-27-30-51(2)3/h14,18,25-26,37-38,51-60,63-68,70-75,103H,15-17,19-24,27-36,39-50,89H2,1-13H3,(H,90,110)(H,91,107)(H,92,106)(H,93,111)(H,94,115)(H,95,108)(H,96,104)(H,97,114)(H,98,113)(H,99,105)(H,100,112)(H,101,109)/b62-14-/t56-,57+,63+,64-,65-,66-,67+,68-,70-,71+,72-,73+,74+,75-/m1/s1. The SMILES string of the molecule is C/C=C1\NC(=O)[C@H](Cc2ccccc2)NC(=O)[C@@H](CCC2CCCCC2)NC(=O)[C@@H](CCC2CCCCC2)NC(=O)[C@H](NC(=O)[C@@H](CCC2CCCCC2)NC(=O)[C@H](CCCN)NC(=O)[C@H]2CCCN2C(=O)[C@H](NC(=O)[C@@H](NC(=O)[C@@H](NC(=O)[C@H](NC(=O)CCCC(C)C)C(C)C)[C@@H](C)O)C(C)C)C(C)C)[C@H](C)OC(=O)[C@H](C(C)C)NC1=O. The molecule has 2 heterocycles. The van der Waals surface area contributed by atoms with Crippen LogP contribution in [0.3, 0.4) is 0 Å². The molecule has 15 N–H and O–H groups in total. The lowest BCUT2D eigenvalue weighted by atomic mass is 9.84. The maximum absolute atomic E-state index is 15.6. The number of benzene rings is 1. The molecule has 13 amide bonds. The highest BCUT2D eigenvalue weighted by Gasteiger charge is 2.44. The summed E-state index contributed by atoms with van der Waals surface area (Å²) in [6, 6.07) is -7.13. The molecule has 14 atom stereocenters. The van der Waals surface area contributed by atoms with E-state index in [0.29, 0.717) is 43.6 Å². The Bertz CT molecular complexity index is 3500. The van der Waals surface area contributed by atoms with Crippen molar-refractivity contribution in [2.24, 2.45) is 53.1 Å².